The largest absolute Gasteiger partial charge is 0.491 e. The summed E-state index contributed by atoms with van der Waals surface area (Å²) in [5.74, 6) is 0.202. The number of hydrogen-bond acceptors (Lipinski definition) is 5. The monoisotopic (exact) mass is 387 g/mol. The number of aromatic nitrogens is 2. The Morgan fingerprint density at radius 2 is 1.85 bits per heavy atom. The summed E-state index contributed by atoms with van der Waals surface area (Å²) in [6.07, 6.45) is 3.28. The highest BCUT2D eigenvalue weighted by atomic mass is 35.5. The molecule has 0 saturated carbocycles. The number of halogens is 2. The molecule has 1 amide bonds. The molecule has 1 N–H and O–H groups in total. The third-order valence-corrected chi connectivity index (χ3v) is 3.67. The fraction of sp³-hybridized carbons (Fsp3) is 0.105. The average Bonchev–Trinajstić information content (AvgIpc) is 2.66. The maximum absolute atomic E-state index is 13.0. The number of ether oxygens (including phenoxy) is 2. The first-order valence-electron chi connectivity index (χ1n) is 8.03. The minimum atomic E-state index is -0.448. The Labute approximate surface area is 159 Å². The molecule has 1 heterocycles. The van der Waals surface area contributed by atoms with Gasteiger partial charge in [-0.1, -0.05) is 11.6 Å². The van der Waals surface area contributed by atoms with Gasteiger partial charge in [0.25, 0.3) is 0 Å². The Morgan fingerprint density at radius 1 is 1.11 bits per heavy atom. The minimum absolute atomic E-state index is 0.115. The average molecular weight is 388 g/mol. The highest BCUT2D eigenvalue weighted by molar-refractivity contribution is 6.32. The van der Waals surface area contributed by atoms with Gasteiger partial charge in [-0.2, -0.15) is 0 Å². The van der Waals surface area contributed by atoms with E-state index < -0.39 is 5.82 Å². The lowest BCUT2D eigenvalue weighted by atomic mass is 10.3. The summed E-state index contributed by atoms with van der Waals surface area (Å²) >= 11 is 5.86. The van der Waals surface area contributed by atoms with Crippen molar-refractivity contribution in [3.05, 3.63) is 71.8 Å². The lowest BCUT2D eigenvalue weighted by Gasteiger charge is -2.09. The van der Waals surface area contributed by atoms with Crippen molar-refractivity contribution in [2.24, 2.45) is 0 Å². The van der Waals surface area contributed by atoms with Crippen LogP contribution < -0.4 is 14.8 Å². The molecule has 1 aromatic heterocycles. The minimum Gasteiger partial charge on any atom is -0.491 e. The van der Waals surface area contributed by atoms with Gasteiger partial charge in [0, 0.05) is 18.1 Å². The molecule has 0 spiro atoms. The Hall–Kier alpha value is -3.19. The number of carbonyl (C=O) groups excluding carboxylic acids is 1. The van der Waals surface area contributed by atoms with Gasteiger partial charge in [0.05, 0.1) is 18.1 Å². The first-order valence-corrected chi connectivity index (χ1v) is 8.40. The molecule has 0 fully saturated rings. The second kappa shape index (κ2) is 8.95. The fourth-order valence-electron chi connectivity index (χ4n) is 2.12. The van der Waals surface area contributed by atoms with Crippen LogP contribution in [0.4, 0.5) is 10.1 Å². The van der Waals surface area contributed by atoms with Crippen LogP contribution in [0.2, 0.25) is 5.02 Å². The van der Waals surface area contributed by atoms with E-state index in [0.717, 1.165) is 6.07 Å². The van der Waals surface area contributed by atoms with Crippen LogP contribution >= 0.6 is 11.6 Å². The van der Waals surface area contributed by atoms with Crippen LogP contribution in [0.15, 0.2) is 60.9 Å². The zero-order valence-electron chi connectivity index (χ0n) is 14.1. The number of anilines is 1. The summed E-state index contributed by atoms with van der Waals surface area (Å²) in [7, 11) is 0. The highest BCUT2D eigenvalue weighted by Gasteiger charge is 2.07. The van der Waals surface area contributed by atoms with Gasteiger partial charge in [0.2, 0.25) is 5.91 Å². The molecule has 0 unspecified atom stereocenters. The number of benzene rings is 2. The highest BCUT2D eigenvalue weighted by Crippen LogP contribution is 2.25. The first-order chi connectivity index (χ1) is 13.1. The summed E-state index contributed by atoms with van der Waals surface area (Å²) < 4.78 is 23.8. The van der Waals surface area contributed by atoms with Crippen molar-refractivity contribution in [2.45, 2.75) is 6.42 Å². The smallest absolute Gasteiger partial charge is 0.321 e. The zero-order valence-corrected chi connectivity index (χ0v) is 14.8. The lowest BCUT2D eigenvalue weighted by molar-refractivity contribution is -0.116. The van der Waals surface area contributed by atoms with Gasteiger partial charge < -0.3 is 14.8 Å². The van der Waals surface area contributed by atoms with Gasteiger partial charge in [-0.05, 0) is 48.5 Å². The molecule has 0 atom stereocenters. The summed E-state index contributed by atoms with van der Waals surface area (Å²) in [5.41, 5.74) is 0.612. The Bertz CT molecular complexity index is 908. The van der Waals surface area contributed by atoms with Crippen molar-refractivity contribution in [1.82, 2.24) is 9.97 Å². The van der Waals surface area contributed by atoms with Crippen molar-refractivity contribution in [2.75, 3.05) is 11.9 Å². The van der Waals surface area contributed by atoms with Crippen LogP contribution in [0.1, 0.15) is 6.42 Å². The number of nitrogens with zero attached hydrogens (tertiary/aromatic N) is 2. The molecule has 3 aromatic rings. The maximum atomic E-state index is 13.0. The van der Waals surface area contributed by atoms with Crippen LogP contribution in [0, 0.1) is 5.82 Å². The molecule has 27 heavy (non-hydrogen) atoms. The molecule has 0 bridgehead atoms. The SMILES string of the molecule is O=C(CCOc1ccc(F)cc1Cl)Nc1ccc(Oc2ncccn2)cc1. The fourth-order valence-corrected chi connectivity index (χ4v) is 2.34. The van der Waals surface area contributed by atoms with E-state index >= 15 is 0 Å². The molecule has 8 heteroatoms. The molecule has 0 aliphatic heterocycles. The summed E-state index contributed by atoms with van der Waals surface area (Å²) in [6.45, 7) is 0.115. The Morgan fingerprint density at radius 3 is 2.56 bits per heavy atom. The molecule has 0 saturated heterocycles. The van der Waals surface area contributed by atoms with E-state index in [0.29, 0.717) is 17.2 Å². The molecule has 0 radical (unpaired) electrons. The van der Waals surface area contributed by atoms with Crippen molar-refractivity contribution >= 4 is 23.2 Å². The predicted octanol–water partition coefficient (Wildman–Crippen LogP) is 4.47. The van der Waals surface area contributed by atoms with Gasteiger partial charge >= 0.3 is 6.01 Å². The molecule has 6 nitrogen and oxygen atoms in total. The van der Waals surface area contributed by atoms with E-state index in [1.165, 1.54) is 12.1 Å². The molecular formula is C19H15ClFN3O3. The van der Waals surface area contributed by atoms with Gasteiger partial charge in [-0.15, -0.1) is 0 Å². The molecule has 3 rings (SSSR count). The predicted molar refractivity (Wildman–Crippen MR) is 98.7 cm³/mol. The Kier molecular flexibility index (Phi) is 6.17. The van der Waals surface area contributed by atoms with E-state index in [2.05, 4.69) is 15.3 Å². The summed E-state index contributed by atoms with van der Waals surface area (Å²) in [4.78, 5) is 19.9. The van der Waals surface area contributed by atoms with Crippen LogP contribution in [0.25, 0.3) is 0 Å². The van der Waals surface area contributed by atoms with Gasteiger partial charge in [0.1, 0.15) is 17.3 Å². The standard InChI is InChI=1S/C19H15ClFN3O3/c20-16-12-13(21)2-7-17(16)26-11-8-18(25)24-14-3-5-15(6-4-14)27-19-22-9-1-10-23-19/h1-7,9-10,12H,8,11H2,(H,24,25). The van der Waals surface area contributed by atoms with E-state index in [-0.39, 0.29) is 30.0 Å². The molecule has 0 aliphatic rings. The normalized spacial score (nSPS) is 10.3. The van der Waals surface area contributed by atoms with Crippen molar-refractivity contribution in [3.8, 4) is 17.5 Å². The number of rotatable bonds is 7. The number of hydrogen-bond donors (Lipinski definition) is 1. The van der Waals surface area contributed by atoms with Crippen LogP contribution in [-0.2, 0) is 4.79 Å². The third-order valence-electron chi connectivity index (χ3n) is 3.37. The quantitative estimate of drug-likeness (QED) is 0.647. The number of carbonyl (C=O) groups is 1. The molecule has 2 aromatic carbocycles. The second-order valence-electron chi connectivity index (χ2n) is 5.38. The lowest BCUT2D eigenvalue weighted by Crippen LogP contribution is -2.15. The van der Waals surface area contributed by atoms with Gasteiger partial charge in [-0.3, -0.25) is 4.79 Å². The summed E-state index contributed by atoms with van der Waals surface area (Å²) in [5, 5.41) is 2.90. The van der Waals surface area contributed by atoms with E-state index in [9.17, 15) is 9.18 Å². The van der Waals surface area contributed by atoms with Crippen molar-refractivity contribution in [1.29, 1.82) is 0 Å². The topological polar surface area (TPSA) is 73.3 Å². The molecule has 0 aliphatic carbocycles. The van der Waals surface area contributed by atoms with E-state index in [1.807, 2.05) is 0 Å². The Balaban J connectivity index is 1.46. The first kappa shape index (κ1) is 18.6. The summed E-state index contributed by atoms with van der Waals surface area (Å²) in [6, 6.07) is 12.5. The zero-order chi connectivity index (χ0) is 19.1. The van der Waals surface area contributed by atoms with E-state index in [4.69, 9.17) is 21.1 Å². The van der Waals surface area contributed by atoms with Crippen LogP contribution in [0.3, 0.4) is 0 Å². The maximum Gasteiger partial charge on any atom is 0.321 e. The molecule has 138 valence electrons. The van der Waals surface area contributed by atoms with Crippen molar-refractivity contribution < 1.29 is 18.7 Å². The second-order valence-corrected chi connectivity index (χ2v) is 5.79. The van der Waals surface area contributed by atoms with E-state index in [1.54, 1.807) is 42.7 Å². The van der Waals surface area contributed by atoms with Crippen molar-refractivity contribution in [3.63, 3.8) is 0 Å². The number of nitrogens with one attached hydrogen (secondary N) is 1. The van der Waals surface area contributed by atoms with Gasteiger partial charge in [-0.25, -0.2) is 14.4 Å². The third kappa shape index (κ3) is 5.65. The van der Waals surface area contributed by atoms with Crippen LogP contribution in [-0.4, -0.2) is 22.5 Å². The number of amides is 1. The van der Waals surface area contributed by atoms with Crippen LogP contribution in [0.5, 0.6) is 17.5 Å². The molecular weight excluding hydrogens is 373 g/mol. The van der Waals surface area contributed by atoms with Gasteiger partial charge in [0.15, 0.2) is 0 Å².